The number of nitrogens with one attached hydrogen (secondary N) is 1. The van der Waals surface area contributed by atoms with Gasteiger partial charge in [0.05, 0.1) is 43.8 Å². The number of rotatable bonds is 5. The van der Waals surface area contributed by atoms with Gasteiger partial charge in [0, 0.05) is 32.0 Å². The van der Waals surface area contributed by atoms with Crippen LogP contribution in [0, 0.1) is 5.92 Å². The Morgan fingerprint density at radius 2 is 1.63 bits per heavy atom. The van der Waals surface area contributed by atoms with Gasteiger partial charge in [-0.25, -0.2) is 0 Å². The van der Waals surface area contributed by atoms with E-state index in [2.05, 4.69) is 37.9 Å². The summed E-state index contributed by atoms with van der Waals surface area (Å²) in [4.78, 5) is 75.1. The maximum atomic E-state index is 13.6. The number of piperidine rings is 2. The summed E-state index contributed by atoms with van der Waals surface area (Å²) in [5.41, 5.74) is 5.54. The summed E-state index contributed by atoms with van der Waals surface area (Å²) in [5, 5.41) is 3.20. The molecule has 5 aliphatic heterocycles. The molecule has 11 nitrogen and oxygen atoms in total. The molecular weight excluding hydrogens is 704 g/mol. The smallest absolute Gasteiger partial charge is 0.282 e. The van der Waals surface area contributed by atoms with Crippen molar-refractivity contribution in [3.8, 4) is 5.69 Å². The number of aromatic nitrogens is 2. The molecule has 276 valence electrons. The summed E-state index contributed by atoms with van der Waals surface area (Å²) in [7, 11) is 0. The molecular formula is C42H41ClN6O5. The van der Waals surface area contributed by atoms with Gasteiger partial charge in [0.15, 0.2) is 0 Å². The fourth-order valence-electron chi connectivity index (χ4n) is 10.4. The third kappa shape index (κ3) is 5.04. The third-order valence-corrected chi connectivity index (χ3v) is 13.4. The molecule has 1 N–H and O–H groups in total. The minimum atomic E-state index is -0.974. The van der Waals surface area contributed by atoms with Gasteiger partial charge >= 0.3 is 0 Å². The largest absolute Gasteiger partial charge is 0.370 e. The van der Waals surface area contributed by atoms with Crippen molar-refractivity contribution in [2.45, 2.75) is 75.2 Å². The molecule has 3 aromatic carbocycles. The van der Waals surface area contributed by atoms with Crippen molar-refractivity contribution >= 4 is 51.8 Å². The van der Waals surface area contributed by atoms with Crippen molar-refractivity contribution in [2.24, 2.45) is 5.92 Å². The molecule has 54 heavy (non-hydrogen) atoms. The highest BCUT2D eigenvalue weighted by molar-refractivity contribution is 6.35. The average molecular weight is 745 g/mol. The number of amides is 4. The second-order valence-electron chi connectivity index (χ2n) is 16.1. The standard InChI is InChI=1S/C42H41ClN6O5/c43-29-7-5-9-31-36(29)38(52)45-41-42(16-2-1-3-17-42)28-11-10-26(20-33(28)48(31)41)25-14-18-46(19-15-25)21-24-22-47(23-24)30-8-4-6-27-35(30)40(54)49(39(27)53)32-12-13-34(50)44-37(32)51/h4-11,20,24-25,32H,1-3,12-19,21-23H2,(H,44,50,51). The lowest BCUT2D eigenvalue weighted by atomic mass is 9.69. The molecule has 10 rings (SSSR count). The summed E-state index contributed by atoms with van der Waals surface area (Å²) in [5.74, 6) is -0.174. The predicted molar refractivity (Wildman–Crippen MR) is 203 cm³/mol. The van der Waals surface area contributed by atoms with Crippen molar-refractivity contribution in [3.63, 3.8) is 0 Å². The number of carbonyl (C=O) groups is 4. The minimum Gasteiger partial charge on any atom is -0.370 e. The third-order valence-electron chi connectivity index (χ3n) is 13.1. The summed E-state index contributed by atoms with van der Waals surface area (Å²) in [6, 6.07) is 17.1. The highest BCUT2D eigenvalue weighted by Gasteiger charge is 2.48. The van der Waals surface area contributed by atoms with Crippen molar-refractivity contribution in [2.75, 3.05) is 37.6 Å². The first kappa shape index (κ1) is 33.7. The van der Waals surface area contributed by atoms with Crippen LogP contribution < -0.4 is 15.8 Å². The fraction of sp³-hybridized carbons (Fsp3) is 0.429. The number of nitrogens with zero attached hydrogens (tertiary/aromatic N) is 5. The van der Waals surface area contributed by atoms with Crippen molar-refractivity contribution in [1.29, 1.82) is 0 Å². The van der Waals surface area contributed by atoms with E-state index in [0.29, 0.717) is 33.4 Å². The number of hydrogen-bond donors (Lipinski definition) is 1. The van der Waals surface area contributed by atoms with Gasteiger partial charge in [-0.1, -0.05) is 55.1 Å². The summed E-state index contributed by atoms with van der Waals surface area (Å²) >= 11 is 6.59. The topological polar surface area (TPSA) is 125 Å². The molecule has 1 aliphatic carbocycles. The molecule has 0 radical (unpaired) electrons. The van der Waals surface area contributed by atoms with Crippen LogP contribution in [0.15, 0.2) is 59.4 Å². The lowest BCUT2D eigenvalue weighted by molar-refractivity contribution is -0.136. The number of fused-ring (bicyclic) bond motifs is 8. The van der Waals surface area contributed by atoms with Crippen molar-refractivity contribution in [3.05, 3.63) is 98.1 Å². The normalized spacial score (nSPS) is 22.8. The number of benzene rings is 3. The lowest BCUT2D eigenvalue weighted by Crippen LogP contribution is -2.54. The van der Waals surface area contributed by atoms with E-state index >= 15 is 0 Å². The molecule has 12 heteroatoms. The maximum absolute atomic E-state index is 13.6. The van der Waals surface area contributed by atoms with E-state index in [1.165, 1.54) is 17.5 Å². The zero-order chi connectivity index (χ0) is 36.9. The minimum absolute atomic E-state index is 0.0956. The predicted octanol–water partition coefficient (Wildman–Crippen LogP) is 5.32. The van der Waals surface area contributed by atoms with Gasteiger partial charge in [0.25, 0.3) is 17.4 Å². The van der Waals surface area contributed by atoms with Gasteiger partial charge in [-0.05, 0) is 92.6 Å². The van der Waals surface area contributed by atoms with Crippen molar-refractivity contribution < 1.29 is 19.2 Å². The van der Waals surface area contributed by atoms with Crippen LogP contribution in [-0.2, 0) is 15.0 Å². The molecule has 1 saturated carbocycles. The zero-order valence-electron chi connectivity index (χ0n) is 30.0. The van der Waals surface area contributed by atoms with Gasteiger partial charge in [-0.2, -0.15) is 4.98 Å². The maximum Gasteiger partial charge on any atom is 0.282 e. The number of hydrogen-bond acceptors (Lipinski definition) is 8. The molecule has 1 spiro atoms. The fourth-order valence-corrected chi connectivity index (χ4v) is 10.7. The van der Waals surface area contributed by atoms with E-state index < -0.39 is 23.8 Å². The van der Waals surface area contributed by atoms with Gasteiger partial charge in [-0.15, -0.1) is 0 Å². The van der Waals surface area contributed by atoms with Gasteiger partial charge in [0.2, 0.25) is 11.8 Å². The van der Waals surface area contributed by atoms with Crippen LogP contribution in [-0.4, -0.2) is 81.7 Å². The molecule has 1 unspecified atom stereocenters. The average Bonchev–Trinajstić information content (AvgIpc) is 3.56. The first-order valence-corrected chi connectivity index (χ1v) is 19.8. The number of likely N-dealkylation sites (tertiary alicyclic amines) is 1. The quantitative estimate of drug-likeness (QED) is 0.273. The van der Waals surface area contributed by atoms with Crippen LogP contribution in [0.1, 0.15) is 101 Å². The zero-order valence-corrected chi connectivity index (χ0v) is 30.7. The second-order valence-corrected chi connectivity index (χ2v) is 16.5. The van der Waals surface area contributed by atoms with Crippen LogP contribution >= 0.6 is 11.6 Å². The highest BCUT2D eigenvalue weighted by Crippen LogP contribution is 2.52. The van der Waals surface area contributed by atoms with Crippen molar-refractivity contribution in [1.82, 2.24) is 24.7 Å². The lowest BCUT2D eigenvalue weighted by Gasteiger charge is -2.45. The molecule has 0 bridgehead atoms. The molecule has 6 aliphatic rings. The van der Waals surface area contributed by atoms with Gasteiger partial charge in [-0.3, -0.25) is 38.8 Å². The Kier molecular flexibility index (Phi) is 7.86. The molecule has 4 fully saturated rings. The van der Waals surface area contributed by atoms with Crippen LogP contribution in [0.4, 0.5) is 5.69 Å². The van der Waals surface area contributed by atoms with Crippen LogP contribution in [0.25, 0.3) is 16.6 Å². The van der Waals surface area contributed by atoms with E-state index in [1.807, 2.05) is 18.2 Å². The summed E-state index contributed by atoms with van der Waals surface area (Å²) in [6.07, 6.45) is 7.79. The van der Waals surface area contributed by atoms with Crippen LogP contribution in [0.3, 0.4) is 0 Å². The van der Waals surface area contributed by atoms with Gasteiger partial charge in [0.1, 0.15) is 11.9 Å². The molecule has 3 saturated heterocycles. The summed E-state index contributed by atoms with van der Waals surface area (Å²) < 4.78 is 2.24. The Morgan fingerprint density at radius 3 is 2.41 bits per heavy atom. The molecule has 4 amide bonds. The number of anilines is 1. The van der Waals surface area contributed by atoms with Crippen LogP contribution in [0.5, 0.6) is 0 Å². The Morgan fingerprint density at radius 1 is 0.852 bits per heavy atom. The Bertz CT molecular complexity index is 2350. The Balaban J connectivity index is 0.824. The van der Waals surface area contributed by atoms with E-state index in [-0.39, 0.29) is 29.7 Å². The molecule has 1 aromatic heterocycles. The van der Waals surface area contributed by atoms with E-state index in [0.717, 1.165) is 98.9 Å². The second kappa shape index (κ2) is 12.6. The first-order valence-electron chi connectivity index (χ1n) is 19.4. The molecule has 4 aromatic rings. The Labute approximate surface area is 317 Å². The van der Waals surface area contributed by atoms with E-state index in [9.17, 15) is 24.0 Å². The van der Waals surface area contributed by atoms with E-state index in [4.69, 9.17) is 16.6 Å². The van der Waals surface area contributed by atoms with Gasteiger partial charge < -0.3 is 9.80 Å². The molecule has 1 atom stereocenters. The monoisotopic (exact) mass is 744 g/mol. The van der Waals surface area contributed by atoms with E-state index in [1.54, 1.807) is 18.2 Å². The summed E-state index contributed by atoms with van der Waals surface area (Å²) in [6.45, 7) is 4.55. The molecule has 6 heterocycles. The number of carbonyl (C=O) groups excluding carboxylic acids is 4. The number of imide groups is 2. The first-order chi connectivity index (χ1) is 26.2. The SMILES string of the molecule is O=C1CCC(N2C(=O)c3cccc(N4CC(CN5CCC(c6ccc7c(c6)-n6c(nc(=O)c8c(Cl)cccc86)C76CCCCC6)CC5)C4)c3C2=O)C(=O)N1. The Hall–Kier alpha value is -4.87. The van der Waals surface area contributed by atoms with Crippen LogP contribution in [0.2, 0.25) is 5.02 Å². The number of halogens is 1. The highest BCUT2D eigenvalue weighted by atomic mass is 35.5.